The molecule has 8 heteroatoms. The second-order valence-electron chi connectivity index (χ2n) is 8.29. The Hall–Kier alpha value is -3.42. The van der Waals surface area contributed by atoms with E-state index in [1.165, 1.54) is 0 Å². The quantitative estimate of drug-likeness (QED) is 0.646. The number of rotatable bonds is 3. The average molecular weight is 420 g/mol. The summed E-state index contributed by atoms with van der Waals surface area (Å²) in [6.07, 6.45) is 3.69. The molecule has 0 bridgehead atoms. The molecule has 0 radical (unpaired) electrons. The van der Waals surface area contributed by atoms with Crippen molar-refractivity contribution in [2.24, 2.45) is 13.0 Å². The van der Waals surface area contributed by atoms with Gasteiger partial charge in [0.1, 0.15) is 11.9 Å². The monoisotopic (exact) mass is 420 g/mol. The maximum absolute atomic E-state index is 12.9. The van der Waals surface area contributed by atoms with Crippen LogP contribution in [-0.2, 0) is 7.05 Å². The first kappa shape index (κ1) is 19.5. The summed E-state index contributed by atoms with van der Waals surface area (Å²) in [4.78, 5) is 27.2. The van der Waals surface area contributed by atoms with E-state index in [0.29, 0.717) is 42.3 Å². The van der Waals surface area contributed by atoms with Crippen molar-refractivity contribution in [3.8, 4) is 17.1 Å². The molecule has 2 aromatic heterocycles. The predicted molar refractivity (Wildman–Crippen MR) is 112 cm³/mol. The van der Waals surface area contributed by atoms with Gasteiger partial charge in [-0.3, -0.25) is 14.3 Å². The number of likely N-dealkylation sites (tertiary alicyclic amines) is 1. The Labute approximate surface area is 179 Å². The lowest BCUT2D eigenvalue weighted by Gasteiger charge is -2.37. The number of benzene rings is 1. The molecule has 0 spiro atoms. The fraction of sp³-hybridized carbons (Fsp3) is 0.391. The topological polar surface area (TPSA) is 90.5 Å². The molecule has 3 aromatic rings. The summed E-state index contributed by atoms with van der Waals surface area (Å²) in [6, 6.07) is 9.08. The second-order valence-corrected chi connectivity index (χ2v) is 8.29. The number of para-hydroxylation sites is 1. The number of carbonyl (C=O) groups is 2. The Balaban J connectivity index is 1.23. The molecule has 0 N–H and O–H groups in total. The normalized spacial score (nSPS) is 19.2. The number of aromatic nitrogens is 3. The zero-order valence-corrected chi connectivity index (χ0v) is 17.6. The minimum atomic E-state index is -0.138. The van der Waals surface area contributed by atoms with E-state index in [2.05, 4.69) is 10.3 Å². The number of fused-ring (bicyclic) bond motifs is 1. The minimum Gasteiger partial charge on any atom is -0.489 e. The molecule has 1 atom stereocenters. The number of piperidine rings is 1. The van der Waals surface area contributed by atoms with Crippen LogP contribution in [0.1, 0.15) is 45.8 Å². The minimum absolute atomic E-state index is 0.131. The van der Waals surface area contributed by atoms with E-state index in [4.69, 9.17) is 9.26 Å². The smallest absolute Gasteiger partial charge is 0.276 e. The number of hydrogen-bond acceptors (Lipinski definition) is 6. The summed E-state index contributed by atoms with van der Waals surface area (Å²) in [6.45, 7) is 3.10. The van der Waals surface area contributed by atoms with Gasteiger partial charge in [0, 0.05) is 38.8 Å². The molecule has 1 amide bonds. The summed E-state index contributed by atoms with van der Waals surface area (Å²) in [5, 5.41) is 8.29. The van der Waals surface area contributed by atoms with E-state index in [0.717, 1.165) is 24.1 Å². The maximum atomic E-state index is 12.9. The van der Waals surface area contributed by atoms with Gasteiger partial charge in [0.2, 0.25) is 0 Å². The van der Waals surface area contributed by atoms with Crippen molar-refractivity contribution < 1.29 is 18.8 Å². The van der Waals surface area contributed by atoms with Crippen molar-refractivity contribution in [3.63, 3.8) is 0 Å². The summed E-state index contributed by atoms with van der Waals surface area (Å²) >= 11 is 0. The zero-order chi connectivity index (χ0) is 21.5. The summed E-state index contributed by atoms with van der Waals surface area (Å²) < 4.78 is 13.2. The molecular weight excluding hydrogens is 396 g/mol. The highest BCUT2D eigenvalue weighted by atomic mass is 16.5. The lowest BCUT2D eigenvalue weighted by molar-refractivity contribution is 0.0447. The van der Waals surface area contributed by atoms with Crippen molar-refractivity contribution in [2.75, 3.05) is 13.1 Å². The number of Topliss-reactive ketones (excluding diaryl/α,β-unsaturated/α-hetero) is 1. The highest BCUT2D eigenvalue weighted by Crippen LogP contribution is 2.34. The van der Waals surface area contributed by atoms with E-state index < -0.39 is 0 Å². The Bertz CT molecular complexity index is 1140. The van der Waals surface area contributed by atoms with Gasteiger partial charge in [-0.15, -0.1) is 0 Å². The number of nitrogens with zero attached hydrogens (tertiary/aromatic N) is 4. The van der Waals surface area contributed by atoms with Crippen LogP contribution in [0, 0.1) is 12.8 Å². The largest absolute Gasteiger partial charge is 0.489 e. The van der Waals surface area contributed by atoms with Crippen LogP contribution in [0.3, 0.4) is 0 Å². The van der Waals surface area contributed by atoms with Crippen LogP contribution in [0.2, 0.25) is 0 Å². The molecule has 1 aromatic carbocycles. The first-order valence-electron chi connectivity index (χ1n) is 10.5. The van der Waals surface area contributed by atoms with Crippen molar-refractivity contribution in [3.05, 3.63) is 53.5 Å². The van der Waals surface area contributed by atoms with Gasteiger partial charge in [-0.25, -0.2) is 0 Å². The third-order valence-corrected chi connectivity index (χ3v) is 6.21. The molecular formula is C23H24N4O4. The first-order chi connectivity index (χ1) is 15.0. The molecule has 31 heavy (non-hydrogen) atoms. The van der Waals surface area contributed by atoms with Crippen LogP contribution in [-0.4, -0.2) is 50.7 Å². The molecule has 0 unspecified atom stereocenters. The summed E-state index contributed by atoms with van der Waals surface area (Å²) in [5.74, 6) is 1.44. The third-order valence-electron chi connectivity index (χ3n) is 6.21. The van der Waals surface area contributed by atoms with Crippen molar-refractivity contribution in [1.29, 1.82) is 0 Å². The number of hydrogen-bond donors (Lipinski definition) is 0. The number of amides is 1. The Morgan fingerprint density at radius 1 is 1.16 bits per heavy atom. The molecule has 8 nitrogen and oxygen atoms in total. The lowest BCUT2D eigenvalue weighted by atomic mass is 9.86. The van der Waals surface area contributed by atoms with Gasteiger partial charge in [-0.2, -0.15) is 5.10 Å². The molecule has 0 aliphatic carbocycles. The van der Waals surface area contributed by atoms with E-state index in [1.807, 2.05) is 44.4 Å². The van der Waals surface area contributed by atoms with Gasteiger partial charge < -0.3 is 14.2 Å². The number of ether oxygens (including phenoxy) is 1. The van der Waals surface area contributed by atoms with E-state index in [9.17, 15) is 9.59 Å². The van der Waals surface area contributed by atoms with Gasteiger partial charge in [-0.1, -0.05) is 17.3 Å². The molecule has 1 fully saturated rings. The van der Waals surface area contributed by atoms with Crippen LogP contribution in [0.4, 0.5) is 0 Å². The molecule has 0 saturated carbocycles. The third kappa shape index (κ3) is 3.62. The van der Waals surface area contributed by atoms with E-state index in [1.54, 1.807) is 15.6 Å². The SMILES string of the molecule is Cc1nn(C)cc1-c1cc(C(=O)N2CCC([C@@H]3CC(=O)c4ccccc4O3)CC2)no1. The van der Waals surface area contributed by atoms with Crippen molar-refractivity contribution >= 4 is 11.7 Å². The van der Waals surface area contributed by atoms with Crippen LogP contribution in [0.5, 0.6) is 5.75 Å². The molecule has 5 rings (SSSR count). The first-order valence-corrected chi connectivity index (χ1v) is 10.5. The van der Waals surface area contributed by atoms with Gasteiger partial charge in [0.25, 0.3) is 5.91 Å². The Kier molecular flexibility index (Phi) is 4.84. The maximum Gasteiger partial charge on any atom is 0.276 e. The predicted octanol–water partition coefficient (Wildman–Crippen LogP) is 3.27. The summed E-state index contributed by atoms with van der Waals surface area (Å²) in [5.41, 5.74) is 2.61. The van der Waals surface area contributed by atoms with Gasteiger partial charge in [0.05, 0.1) is 16.8 Å². The highest BCUT2D eigenvalue weighted by molar-refractivity contribution is 5.99. The average Bonchev–Trinajstić information content (AvgIpc) is 3.39. The second kappa shape index (κ2) is 7.68. The van der Waals surface area contributed by atoms with Crippen LogP contribution >= 0.6 is 0 Å². The molecule has 160 valence electrons. The zero-order valence-electron chi connectivity index (χ0n) is 17.6. The van der Waals surface area contributed by atoms with Crippen molar-refractivity contribution in [1.82, 2.24) is 19.8 Å². The number of aryl methyl sites for hydroxylation is 2. The Morgan fingerprint density at radius 2 is 1.94 bits per heavy atom. The van der Waals surface area contributed by atoms with Crippen LogP contribution in [0.25, 0.3) is 11.3 Å². The molecule has 2 aliphatic heterocycles. The fourth-order valence-corrected chi connectivity index (χ4v) is 4.54. The van der Waals surface area contributed by atoms with Crippen molar-refractivity contribution in [2.45, 2.75) is 32.3 Å². The van der Waals surface area contributed by atoms with Gasteiger partial charge in [0.15, 0.2) is 17.2 Å². The number of ketones is 1. The fourth-order valence-electron chi connectivity index (χ4n) is 4.54. The molecule has 4 heterocycles. The van der Waals surface area contributed by atoms with Gasteiger partial charge in [-0.05, 0) is 37.8 Å². The van der Waals surface area contributed by atoms with E-state index in [-0.39, 0.29) is 23.7 Å². The van der Waals surface area contributed by atoms with Crippen LogP contribution in [0.15, 0.2) is 41.1 Å². The number of carbonyl (C=O) groups excluding carboxylic acids is 2. The molecule has 1 saturated heterocycles. The van der Waals surface area contributed by atoms with Crippen LogP contribution < -0.4 is 4.74 Å². The Morgan fingerprint density at radius 3 is 2.68 bits per heavy atom. The van der Waals surface area contributed by atoms with E-state index >= 15 is 0 Å². The standard InChI is InChI=1S/C23H24N4O4/c1-14-17(13-26(2)24-14)22-11-18(25-31-22)23(29)27-9-7-15(8-10-27)21-12-19(28)16-5-3-4-6-20(16)30-21/h3-6,11,13,15,21H,7-10,12H2,1-2H3/t21-/m0/s1. The highest BCUT2D eigenvalue weighted by Gasteiger charge is 2.35. The summed E-state index contributed by atoms with van der Waals surface area (Å²) in [7, 11) is 1.84. The van der Waals surface area contributed by atoms with Gasteiger partial charge >= 0.3 is 0 Å². The lowest BCUT2D eigenvalue weighted by Crippen LogP contribution is -2.44. The molecule has 2 aliphatic rings.